The van der Waals surface area contributed by atoms with Crippen LogP contribution in [0.5, 0.6) is 0 Å². The molecule has 2 aromatic rings. The topological polar surface area (TPSA) is 65.9 Å². The third-order valence-electron chi connectivity index (χ3n) is 5.30. The molecule has 1 fully saturated rings. The van der Waals surface area contributed by atoms with Crippen LogP contribution in [0.1, 0.15) is 44.2 Å². The Morgan fingerprint density at radius 1 is 1.29 bits per heavy atom. The Kier molecular flexibility index (Phi) is 5.46. The molecule has 1 saturated carbocycles. The number of aliphatic hydroxyl groups is 1. The first-order valence-electron chi connectivity index (χ1n) is 10.3. The van der Waals surface area contributed by atoms with Gasteiger partial charge >= 0.3 is 6.09 Å². The van der Waals surface area contributed by atoms with Gasteiger partial charge in [0.1, 0.15) is 5.60 Å². The molecule has 0 spiro atoms. The van der Waals surface area contributed by atoms with Crippen LogP contribution in [-0.4, -0.2) is 51.3 Å². The average Bonchev–Trinajstić information content (AvgIpc) is 3.06. The lowest BCUT2D eigenvalue weighted by molar-refractivity contribution is -0.199. The molecule has 1 amide bonds. The van der Waals surface area contributed by atoms with Gasteiger partial charge in [-0.15, -0.1) is 0 Å². The number of anilines is 2. The van der Waals surface area contributed by atoms with Gasteiger partial charge in [0, 0.05) is 36.4 Å². The molecule has 0 unspecified atom stereocenters. The summed E-state index contributed by atoms with van der Waals surface area (Å²) in [6.45, 7) is 6.43. The van der Waals surface area contributed by atoms with Gasteiger partial charge in [0.2, 0.25) is 0 Å². The highest BCUT2D eigenvalue weighted by molar-refractivity contribution is 7.15. The van der Waals surface area contributed by atoms with Gasteiger partial charge in [-0.25, -0.2) is 18.6 Å². The smallest absolute Gasteiger partial charge is 0.410 e. The molecule has 2 aliphatic rings. The molecule has 1 aromatic heterocycles. The Balaban J connectivity index is 1.56. The van der Waals surface area contributed by atoms with Crippen molar-refractivity contribution in [3.8, 4) is 0 Å². The number of thiazole rings is 1. The van der Waals surface area contributed by atoms with E-state index in [1.54, 1.807) is 9.80 Å². The quantitative estimate of drug-likeness (QED) is 0.728. The van der Waals surface area contributed by atoms with Crippen molar-refractivity contribution in [3.63, 3.8) is 0 Å². The monoisotopic (exact) mass is 451 g/mol. The molecule has 1 N–H and O–H groups in total. The van der Waals surface area contributed by atoms with E-state index in [-0.39, 0.29) is 12.6 Å². The predicted molar refractivity (Wildman–Crippen MR) is 115 cm³/mol. The summed E-state index contributed by atoms with van der Waals surface area (Å²) >= 11 is 1.42. The number of carbonyl (C=O) groups excluding carboxylic acids is 1. The Morgan fingerprint density at radius 3 is 2.58 bits per heavy atom. The Labute approximate surface area is 184 Å². The molecule has 1 aromatic carbocycles. The van der Waals surface area contributed by atoms with E-state index in [2.05, 4.69) is 0 Å². The number of benzene rings is 1. The SMILES string of the molecule is CC(C)(C)OC(=O)N1CCc2nc(N(CC3(O)CC(F)(F)C3)c3ccccc3)sc2C1. The van der Waals surface area contributed by atoms with E-state index in [0.717, 1.165) is 16.3 Å². The number of rotatable bonds is 4. The summed E-state index contributed by atoms with van der Waals surface area (Å²) in [7, 11) is 0. The van der Waals surface area contributed by atoms with Gasteiger partial charge in [-0.2, -0.15) is 0 Å². The summed E-state index contributed by atoms with van der Waals surface area (Å²) in [6.07, 6.45) is -0.878. The number of carbonyl (C=O) groups is 1. The molecule has 6 nitrogen and oxygen atoms in total. The molecule has 0 saturated heterocycles. The average molecular weight is 452 g/mol. The number of alkyl halides is 2. The minimum Gasteiger partial charge on any atom is -0.444 e. The number of hydrogen-bond acceptors (Lipinski definition) is 6. The van der Waals surface area contributed by atoms with Gasteiger partial charge in [0.25, 0.3) is 5.92 Å². The molecule has 0 bridgehead atoms. The van der Waals surface area contributed by atoms with E-state index in [4.69, 9.17) is 9.72 Å². The number of halogens is 2. The zero-order chi connectivity index (χ0) is 22.4. The fourth-order valence-corrected chi connectivity index (χ4v) is 5.12. The maximum atomic E-state index is 13.5. The largest absolute Gasteiger partial charge is 0.444 e. The molecule has 168 valence electrons. The van der Waals surface area contributed by atoms with Gasteiger partial charge in [0.05, 0.1) is 24.4 Å². The summed E-state index contributed by atoms with van der Waals surface area (Å²) in [6, 6.07) is 9.33. The highest BCUT2D eigenvalue weighted by Crippen LogP contribution is 2.47. The summed E-state index contributed by atoms with van der Waals surface area (Å²) in [4.78, 5) is 21.6. The standard InChI is InChI=1S/C22H27F2N3O3S/c1-20(2,3)30-19(28)26-10-9-16-17(11-26)31-18(25-16)27(15-7-5-4-6-8-15)14-21(29)12-22(23,24)13-21/h4-8,29H,9-14H2,1-3H3. The molecule has 1 aliphatic carbocycles. The predicted octanol–water partition coefficient (Wildman–Crippen LogP) is 4.73. The zero-order valence-electron chi connectivity index (χ0n) is 17.9. The number of para-hydroxylation sites is 1. The van der Waals surface area contributed by atoms with Crippen molar-refractivity contribution in [1.29, 1.82) is 0 Å². The highest BCUT2D eigenvalue weighted by Gasteiger charge is 2.56. The maximum Gasteiger partial charge on any atom is 0.410 e. The first-order valence-corrected chi connectivity index (χ1v) is 11.1. The number of aromatic nitrogens is 1. The minimum absolute atomic E-state index is 0.0365. The fourth-order valence-electron chi connectivity index (χ4n) is 3.97. The van der Waals surface area contributed by atoms with Crippen molar-refractivity contribution in [3.05, 3.63) is 40.9 Å². The molecule has 9 heteroatoms. The number of ether oxygens (including phenoxy) is 1. The van der Waals surface area contributed by atoms with Crippen molar-refractivity contribution in [2.24, 2.45) is 0 Å². The van der Waals surface area contributed by atoms with Crippen LogP contribution in [0.4, 0.5) is 24.4 Å². The first-order chi connectivity index (χ1) is 14.4. The maximum absolute atomic E-state index is 13.5. The van der Waals surface area contributed by atoms with Crippen LogP contribution in [0.2, 0.25) is 0 Å². The van der Waals surface area contributed by atoms with Crippen LogP contribution in [0, 0.1) is 0 Å². The third kappa shape index (κ3) is 4.98. The summed E-state index contributed by atoms with van der Waals surface area (Å²) in [5, 5.41) is 11.3. The third-order valence-corrected chi connectivity index (χ3v) is 6.40. The molecular formula is C22H27F2N3O3S. The number of hydrogen-bond donors (Lipinski definition) is 1. The normalized spacial score (nSPS) is 19.4. The Morgan fingerprint density at radius 2 is 1.97 bits per heavy atom. The molecule has 0 radical (unpaired) electrons. The van der Waals surface area contributed by atoms with Crippen LogP contribution < -0.4 is 4.90 Å². The van der Waals surface area contributed by atoms with E-state index >= 15 is 0 Å². The second kappa shape index (κ2) is 7.70. The lowest BCUT2D eigenvalue weighted by Crippen LogP contribution is -2.57. The van der Waals surface area contributed by atoms with E-state index in [0.29, 0.717) is 24.6 Å². The second-order valence-electron chi connectivity index (χ2n) is 9.37. The second-order valence-corrected chi connectivity index (χ2v) is 10.4. The molecule has 0 atom stereocenters. The lowest BCUT2D eigenvalue weighted by Gasteiger charge is -2.45. The minimum atomic E-state index is -2.83. The number of nitrogens with zero attached hydrogens (tertiary/aromatic N) is 3. The Bertz CT molecular complexity index is 951. The van der Waals surface area contributed by atoms with E-state index in [1.165, 1.54) is 11.3 Å². The Hall–Kier alpha value is -2.26. The molecule has 31 heavy (non-hydrogen) atoms. The van der Waals surface area contributed by atoms with Gasteiger partial charge in [0.15, 0.2) is 5.13 Å². The summed E-state index contributed by atoms with van der Waals surface area (Å²) in [5.74, 6) is -2.83. The van der Waals surface area contributed by atoms with Crippen LogP contribution >= 0.6 is 11.3 Å². The van der Waals surface area contributed by atoms with Crippen LogP contribution in [0.15, 0.2) is 30.3 Å². The molecule has 1 aliphatic heterocycles. The number of fused-ring (bicyclic) bond motifs is 1. The van der Waals surface area contributed by atoms with Crippen LogP contribution in [0.25, 0.3) is 0 Å². The summed E-state index contributed by atoms with van der Waals surface area (Å²) in [5.41, 5.74) is -0.359. The van der Waals surface area contributed by atoms with Gasteiger partial charge < -0.3 is 19.6 Å². The van der Waals surface area contributed by atoms with Crippen molar-refractivity contribution >= 4 is 28.2 Å². The molecule has 4 rings (SSSR count). The van der Waals surface area contributed by atoms with Crippen molar-refractivity contribution < 1.29 is 23.4 Å². The van der Waals surface area contributed by atoms with Crippen LogP contribution in [-0.2, 0) is 17.7 Å². The van der Waals surface area contributed by atoms with Crippen LogP contribution in [0.3, 0.4) is 0 Å². The highest BCUT2D eigenvalue weighted by atomic mass is 32.1. The van der Waals surface area contributed by atoms with Gasteiger partial charge in [-0.05, 0) is 32.9 Å². The first kappa shape index (κ1) is 22.0. The number of amides is 1. The van der Waals surface area contributed by atoms with Crippen molar-refractivity contribution in [1.82, 2.24) is 9.88 Å². The fraction of sp³-hybridized carbons (Fsp3) is 0.545. The zero-order valence-corrected chi connectivity index (χ0v) is 18.7. The van der Waals surface area contributed by atoms with E-state index in [9.17, 15) is 18.7 Å². The molecule has 2 heterocycles. The van der Waals surface area contributed by atoms with E-state index in [1.807, 2.05) is 51.1 Å². The van der Waals surface area contributed by atoms with Crippen molar-refractivity contribution in [2.45, 2.75) is 63.7 Å². The summed E-state index contributed by atoms with van der Waals surface area (Å²) < 4.78 is 32.4. The van der Waals surface area contributed by atoms with Crippen molar-refractivity contribution in [2.75, 3.05) is 18.0 Å². The van der Waals surface area contributed by atoms with Gasteiger partial charge in [-0.3, -0.25) is 0 Å². The molecular weight excluding hydrogens is 424 g/mol. The van der Waals surface area contributed by atoms with Gasteiger partial charge in [-0.1, -0.05) is 29.5 Å². The lowest BCUT2D eigenvalue weighted by atomic mass is 9.76. The van der Waals surface area contributed by atoms with E-state index < -0.39 is 30.0 Å².